The van der Waals surface area contributed by atoms with Gasteiger partial charge in [-0.05, 0) is 45.2 Å². The molecule has 0 radical (unpaired) electrons. The second-order valence-electron chi connectivity index (χ2n) is 9.25. The molecule has 1 aliphatic rings. The minimum Gasteiger partial charge on any atom is -0.459 e. The Hall–Kier alpha value is -2.90. The van der Waals surface area contributed by atoms with Gasteiger partial charge >= 0.3 is 12.1 Å². The van der Waals surface area contributed by atoms with Crippen LogP contribution < -0.4 is 10.6 Å². The highest BCUT2D eigenvalue weighted by molar-refractivity contribution is 5.91. The van der Waals surface area contributed by atoms with Crippen LogP contribution in [0.4, 0.5) is 10.5 Å². The summed E-state index contributed by atoms with van der Waals surface area (Å²) in [6.45, 7) is 9.05. The Kier molecular flexibility index (Phi) is 8.86. The molecule has 0 bridgehead atoms. The Labute approximate surface area is 196 Å². The maximum absolute atomic E-state index is 12.5. The first-order valence-electron chi connectivity index (χ1n) is 11.6. The lowest BCUT2D eigenvalue weighted by atomic mass is 10.0. The molecule has 0 saturated carbocycles. The second kappa shape index (κ2) is 11.8. The number of rotatable bonds is 8. The van der Waals surface area contributed by atoms with Crippen molar-refractivity contribution in [2.75, 3.05) is 38.0 Å². The Morgan fingerprint density at radius 2 is 1.67 bits per heavy atom. The zero-order valence-electron chi connectivity index (χ0n) is 19.8. The molecule has 7 heteroatoms. The number of amides is 1. The van der Waals surface area contributed by atoms with E-state index in [1.807, 2.05) is 75.4 Å². The van der Waals surface area contributed by atoms with Crippen molar-refractivity contribution in [3.8, 4) is 11.1 Å². The summed E-state index contributed by atoms with van der Waals surface area (Å²) in [7, 11) is 0. The Morgan fingerprint density at radius 3 is 2.36 bits per heavy atom. The van der Waals surface area contributed by atoms with Crippen molar-refractivity contribution < 1.29 is 19.1 Å². The van der Waals surface area contributed by atoms with Gasteiger partial charge in [0.25, 0.3) is 0 Å². The van der Waals surface area contributed by atoms with Gasteiger partial charge in [-0.3, -0.25) is 10.1 Å². The van der Waals surface area contributed by atoms with E-state index in [0.29, 0.717) is 6.54 Å². The highest BCUT2D eigenvalue weighted by Crippen LogP contribution is 2.28. The second-order valence-corrected chi connectivity index (χ2v) is 9.25. The number of hydrogen-bond donors (Lipinski definition) is 2. The number of nitrogens with one attached hydrogen (secondary N) is 2. The minimum atomic E-state index is -0.462. The molecule has 0 aliphatic carbocycles. The van der Waals surface area contributed by atoms with Crippen LogP contribution in [0.15, 0.2) is 54.6 Å². The number of hydrogen-bond acceptors (Lipinski definition) is 6. The van der Waals surface area contributed by atoms with Crippen molar-refractivity contribution in [3.05, 3.63) is 54.6 Å². The fourth-order valence-corrected chi connectivity index (χ4v) is 3.81. The lowest BCUT2D eigenvalue weighted by Gasteiger charge is -2.31. The maximum Gasteiger partial charge on any atom is 0.411 e. The molecule has 7 nitrogen and oxygen atoms in total. The summed E-state index contributed by atoms with van der Waals surface area (Å²) in [5.41, 5.74) is 2.28. The van der Waals surface area contributed by atoms with Crippen LogP contribution in [0.5, 0.6) is 0 Å². The van der Waals surface area contributed by atoms with Crippen molar-refractivity contribution in [3.63, 3.8) is 0 Å². The average molecular weight is 454 g/mol. The third-order valence-corrected chi connectivity index (χ3v) is 5.35. The molecule has 2 aromatic rings. The fourth-order valence-electron chi connectivity index (χ4n) is 3.81. The topological polar surface area (TPSA) is 79.9 Å². The maximum atomic E-state index is 12.5. The van der Waals surface area contributed by atoms with Gasteiger partial charge in [0.2, 0.25) is 0 Å². The minimum absolute atomic E-state index is 0.0974. The van der Waals surface area contributed by atoms with E-state index in [1.54, 1.807) is 0 Å². The first-order chi connectivity index (χ1) is 15.8. The van der Waals surface area contributed by atoms with Gasteiger partial charge in [0.05, 0.1) is 12.2 Å². The summed E-state index contributed by atoms with van der Waals surface area (Å²) in [6, 6.07) is 17.7. The van der Waals surface area contributed by atoms with E-state index in [0.717, 1.165) is 49.3 Å². The first-order valence-corrected chi connectivity index (χ1v) is 11.6. The molecule has 2 aromatic carbocycles. The standard InChI is InChI=1S/C26H35N3O4/c1-26(2,3)33-24(30)19-27-15-18-29-16-13-21(14-17-29)32-25(31)28-23-12-8-7-11-22(23)20-9-5-4-6-10-20/h4-12,21,27H,13-19H2,1-3H3,(H,28,31). The molecule has 0 atom stereocenters. The van der Waals surface area contributed by atoms with Gasteiger partial charge in [-0.25, -0.2) is 4.79 Å². The van der Waals surface area contributed by atoms with Gasteiger partial charge in [-0.15, -0.1) is 0 Å². The van der Waals surface area contributed by atoms with E-state index in [1.165, 1.54) is 0 Å². The molecule has 0 unspecified atom stereocenters. The van der Waals surface area contributed by atoms with Crippen molar-refractivity contribution in [1.29, 1.82) is 0 Å². The lowest BCUT2D eigenvalue weighted by Crippen LogP contribution is -2.42. The van der Waals surface area contributed by atoms with Crippen molar-refractivity contribution >= 4 is 17.7 Å². The van der Waals surface area contributed by atoms with Gasteiger partial charge in [0.1, 0.15) is 11.7 Å². The molecule has 0 spiro atoms. The van der Waals surface area contributed by atoms with Gasteiger partial charge in [0.15, 0.2) is 0 Å². The van der Waals surface area contributed by atoms with E-state index in [-0.39, 0.29) is 18.6 Å². The fraction of sp³-hybridized carbons (Fsp3) is 0.462. The van der Waals surface area contributed by atoms with Gasteiger partial charge in [-0.1, -0.05) is 48.5 Å². The van der Waals surface area contributed by atoms with Crippen molar-refractivity contribution in [1.82, 2.24) is 10.2 Å². The molecule has 1 fully saturated rings. The van der Waals surface area contributed by atoms with E-state index in [9.17, 15) is 9.59 Å². The molecule has 33 heavy (non-hydrogen) atoms. The smallest absolute Gasteiger partial charge is 0.411 e. The van der Waals surface area contributed by atoms with Crippen molar-refractivity contribution in [2.24, 2.45) is 0 Å². The molecule has 1 aliphatic heterocycles. The summed E-state index contributed by atoms with van der Waals surface area (Å²) in [4.78, 5) is 26.6. The Morgan fingerprint density at radius 1 is 1.00 bits per heavy atom. The largest absolute Gasteiger partial charge is 0.459 e. The summed E-state index contributed by atoms with van der Waals surface area (Å²) < 4.78 is 11.0. The summed E-state index contributed by atoms with van der Waals surface area (Å²) in [6.07, 6.45) is 1.07. The van der Waals surface area contributed by atoms with Crippen LogP contribution in [0, 0.1) is 0 Å². The van der Waals surface area contributed by atoms with E-state index in [4.69, 9.17) is 9.47 Å². The zero-order chi connectivity index (χ0) is 23.7. The number of carbonyl (C=O) groups is 2. The number of esters is 1. The lowest BCUT2D eigenvalue weighted by molar-refractivity contribution is -0.153. The van der Waals surface area contributed by atoms with Crippen LogP contribution in [0.1, 0.15) is 33.6 Å². The number of benzene rings is 2. The van der Waals surface area contributed by atoms with Crippen LogP contribution in [0.3, 0.4) is 0 Å². The summed E-state index contributed by atoms with van der Waals surface area (Å²) >= 11 is 0. The van der Waals surface area contributed by atoms with Crippen LogP contribution in [0.2, 0.25) is 0 Å². The van der Waals surface area contributed by atoms with Crippen molar-refractivity contribution in [2.45, 2.75) is 45.3 Å². The van der Waals surface area contributed by atoms with Gasteiger partial charge in [-0.2, -0.15) is 0 Å². The number of carbonyl (C=O) groups excluding carboxylic acids is 2. The van der Waals surface area contributed by atoms with E-state index < -0.39 is 11.7 Å². The number of likely N-dealkylation sites (tertiary alicyclic amines) is 1. The zero-order valence-corrected chi connectivity index (χ0v) is 19.8. The predicted molar refractivity (Wildman–Crippen MR) is 130 cm³/mol. The van der Waals surface area contributed by atoms with Gasteiger partial charge in [0, 0.05) is 31.7 Å². The first kappa shape index (κ1) is 24.7. The predicted octanol–water partition coefficient (Wildman–Crippen LogP) is 4.30. The highest BCUT2D eigenvalue weighted by Gasteiger charge is 2.23. The number of piperidine rings is 1. The SMILES string of the molecule is CC(C)(C)OC(=O)CNCCN1CCC(OC(=O)Nc2ccccc2-c2ccccc2)CC1. The summed E-state index contributed by atoms with van der Waals surface area (Å²) in [5, 5.41) is 6.04. The molecular formula is C26H35N3O4. The quantitative estimate of drug-likeness (QED) is 0.458. The normalized spacial score (nSPS) is 15.1. The Balaban J connectivity index is 1.37. The van der Waals surface area contributed by atoms with Gasteiger partial charge < -0.3 is 19.7 Å². The van der Waals surface area contributed by atoms with Crippen LogP contribution >= 0.6 is 0 Å². The molecule has 3 rings (SSSR count). The molecule has 178 valence electrons. The molecule has 1 amide bonds. The van der Waals surface area contributed by atoms with Crippen LogP contribution in [-0.4, -0.2) is 61.4 Å². The molecule has 0 aromatic heterocycles. The number of nitrogens with zero attached hydrogens (tertiary/aromatic N) is 1. The third kappa shape index (κ3) is 8.51. The van der Waals surface area contributed by atoms with E-state index >= 15 is 0 Å². The molecule has 2 N–H and O–H groups in total. The third-order valence-electron chi connectivity index (χ3n) is 5.35. The molecule has 1 heterocycles. The summed E-state index contributed by atoms with van der Waals surface area (Å²) in [5.74, 6) is -0.241. The average Bonchev–Trinajstić information content (AvgIpc) is 2.77. The van der Waals surface area contributed by atoms with E-state index in [2.05, 4.69) is 15.5 Å². The van der Waals surface area contributed by atoms with Crippen LogP contribution in [-0.2, 0) is 14.3 Å². The number of anilines is 1. The number of para-hydroxylation sites is 1. The monoisotopic (exact) mass is 453 g/mol. The molecular weight excluding hydrogens is 418 g/mol. The van der Waals surface area contributed by atoms with Crippen LogP contribution in [0.25, 0.3) is 11.1 Å². The highest BCUT2D eigenvalue weighted by atomic mass is 16.6. The molecule has 1 saturated heterocycles. The number of ether oxygens (including phenoxy) is 2. The Bertz CT molecular complexity index is 903.